The Morgan fingerprint density at radius 3 is 2.35 bits per heavy atom. The Morgan fingerprint density at radius 2 is 1.78 bits per heavy atom. The number of H-pyrrole nitrogens is 1. The van der Waals surface area contributed by atoms with E-state index in [1.807, 2.05) is 22.7 Å². The van der Waals surface area contributed by atoms with Crippen LogP contribution in [0.15, 0.2) is 24.7 Å². The molecule has 1 aliphatic rings. The molecule has 3 aromatic rings. The highest BCUT2D eigenvalue weighted by atomic mass is 19.4. The van der Waals surface area contributed by atoms with Gasteiger partial charge in [-0.2, -0.15) is 13.2 Å². The number of rotatable bonds is 6. The van der Waals surface area contributed by atoms with E-state index in [9.17, 15) is 27.6 Å². The van der Waals surface area contributed by atoms with Crippen molar-refractivity contribution in [2.45, 2.75) is 37.6 Å². The van der Waals surface area contributed by atoms with Crippen LogP contribution in [0.4, 0.5) is 18.0 Å². The number of alkyl halides is 3. The summed E-state index contributed by atoms with van der Waals surface area (Å²) in [5.41, 5.74) is 3.25. The zero-order chi connectivity index (χ0) is 27.5. The van der Waals surface area contributed by atoms with Gasteiger partial charge in [-0.1, -0.05) is 13.3 Å². The molecule has 2 amide bonds. The van der Waals surface area contributed by atoms with Crippen LogP contribution < -0.4 is 5.32 Å². The number of hydrogen-bond donors (Lipinski definition) is 6. The molecule has 0 aliphatic carbocycles. The first-order chi connectivity index (χ1) is 17.3. The lowest BCUT2D eigenvalue weighted by atomic mass is 9.91. The van der Waals surface area contributed by atoms with Crippen molar-refractivity contribution >= 4 is 34.8 Å². The molecule has 1 fully saturated rings. The van der Waals surface area contributed by atoms with Gasteiger partial charge in [-0.15, -0.1) is 0 Å². The molecule has 1 saturated heterocycles. The summed E-state index contributed by atoms with van der Waals surface area (Å²) >= 11 is 0. The number of imidazole rings is 1. The van der Waals surface area contributed by atoms with Gasteiger partial charge in [-0.3, -0.25) is 4.40 Å². The van der Waals surface area contributed by atoms with Crippen LogP contribution in [0.2, 0.25) is 0 Å². The van der Waals surface area contributed by atoms with Gasteiger partial charge in [-0.25, -0.2) is 24.4 Å². The topological polar surface area (TPSA) is 193 Å². The third-order valence-corrected chi connectivity index (χ3v) is 5.95. The Hall–Kier alpha value is -3.92. The van der Waals surface area contributed by atoms with E-state index in [1.165, 1.54) is 4.90 Å². The molecule has 4 rings (SSSR count). The van der Waals surface area contributed by atoms with Crippen molar-refractivity contribution in [3.05, 3.63) is 30.4 Å². The Bertz CT molecular complexity index is 1260. The van der Waals surface area contributed by atoms with Crippen molar-refractivity contribution < 1.29 is 48.0 Å². The molecule has 0 bridgehead atoms. The third kappa shape index (κ3) is 6.26. The molecule has 16 heteroatoms. The fraction of sp³-hybridized carbons (Fsp3) is 0.476. The van der Waals surface area contributed by atoms with Gasteiger partial charge in [0.2, 0.25) is 0 Å². The van der Waals surface area contributed by atoms with Crippen LogP contribution in [0.1, 0.15) is 25.0 Å². The standard InChI is InChI=1S/C17H19F3N6O.C4H6O6/c1-2-10-7-25(16(27)24-9-17(18,19)20)8-11(10)13-5-22-14-6-23-15-12(26(13)14)3-4-21-15;5-1(3(7)8)2(6)4(9)10/h3-6,10-11,21H,2,7-9H2,1H3,(H,24,27);1-2,5-6H,(H,7,8)(H,9,10)/t10-,11+;1-,2-/m11/s1. The highest BCUT2D eigenvalue weighted by molar-refractivity contribution is 5.83. The molecular weight excluding hydrogens is 505 g/mol. The summed E-state index contributed by atoms with van der Waals surface area (Å²) in [5.74, 6) is -3.41. The SMILES string of the molecule is CC[C@@H]1CN(C(=O)NCC(F)(F)F)C[C@@H]1c1cnc2cnc3[nH]ccc3n12.O=C(O)[C@H](O)[C@@H](O)C(=O)O. The highest BCUT2D eigenvalue weighted by Crippen LogP contribution is 2.36. The minimum absolute atomic E-state index is 0.0119. The van der Waals surface area contributed by atoms with Crippen molar-refractivity contribution in [2.75, 3.05) is 19.6 Å². The summed E-state index contributed by atoms with van der Waals surface area (Å²) in [5, 5.41) is 34.5. The quantitative estimate of drug-likeness (QED) is 0.267. The maximum atomic E-state index is 12.4. The fourth-order valence-corrected chi connectivity index (χ4v) is 4.10. The third-order valence-electron chi connectivity index (χ3n) is 5.95. The Kier molecular flexibility index (Phi) is 8.22. The molecule has 37 heavy (non-hydrogen) atoms. The summed E-state index contributed by atoms with van der Waals surface area (Å²) in [4.78, 5) is 45.0. The summed E-state index contributed by atoms with van der Waals surface area (Å²) < 4.78 is 39.2. The van der Waals surface area contributed by atoms with Crippen molar-refractivity contribution in [1.82, 2.24) is 29.6 Å². The second-order valence-electron chi connectivity index (χ2n) is 8.37. The molecule has 0 radical (unpaired) electrons. The van der Waals surface area contributed by atoms with Gasteiger partial charge in [0, 0.05) is 37.1 Å². The molecule has 202 valence electrons. The molecule has 0 unspecified atom stereocenters. The predicted molar refractivity (Wildman–Crippen MR) is 120 cm³/mol. The predicted octanol–water partition coefficient (Wildman–Crippen LogP) is 0.785. The monoisotopic (exact) mass is 530 g/mol. The van der Waals surface area contributed by atoms with Crippen LogP contribution in [0.3, 0.4) is 0 Å². The molecule has 0 saturated carbocycles. The number of nitrogens with zero attached hydrogens (tertiary/aromatic N) is 4. The molecule has 13 nitrogen and oxygen atoms in total. The van der Waals surface area contributed by atoms with Crippen molar-refractivity contribution in [3.8, 4) is 0 Å². The number of aromatic amines is 1. The van der Waals surface area contributed by atoms with Gasteiger partial charge in [0.15, 0.2) is 23.5 Å². The smallest absolute Gasteiger partial charge is 0.405 e. The van der Waals surface area contributed by atoms with Crippen LogP contribution in [0.25, 0.3) is 16.8 Å². The minimum atomic E-state index is -4.42. The number of carbonyl (C=O) groups is 3. The Labute approximate surface area is 206 Å². The first kappa shape index (κ1) is 27.7. The molecular formula is C21H25F3N6O7. The van der Waals surface area contributed by atoms with E-state index in [2.05, 4.69) is 15.0 Å². The fourth-order valence-electron chi connectivity index (χ4n) is 4.10. The van der Waals surface area contributed by atoms with E-state index >= 15 is 0 Å². The molecule has 1 aliphatic heterocycles. The lowest BCUT2D eigenvalue weighted by Gasteiger charge is -2.18. The van der Waals surface area contributed by atoms with Gasteiger partial charge >= 0.3 is 24.1 Å². The summed E-state index contributed by atoms with van der Waals surface area (Å²) in [7, 11) is 0. The zero-order valence-electron chi connectivity index (χ0n) is 19.4. The van der Waals surface area contributed by atoms with Gasteiger partial charge < -0.3 is 35.6 Å². The van der Waals surface area contributed by atoms with E-state index in [0.29, 0.717) is 18.7 Å². The number of aliphatic hydroxyl groups is 2. The number of fused-ring (bicyclic) bond motifs is 3. The number of likely N-dealkylation sites (tertiary alicyclic amines) is 1. The number of aliphatic carboxylic acids is 2. The number of carbonyl (C=O) groups excluding carboxylic acids is 1. The van der Waals surface area contributed by atoms with Gasteiger partial charge in [0.1, 0.15) is 6.54 Å². The number of carboxylic acid groups (broad SMARTS) is 2. The maximum absolute atomic E-state index is 12.4. The van der Waals surface area contributed by atoms with Crippen LogP contribution >= 0.6 is 0 Å². The van der Waals surface area contributed by atoms with Gasteiger partial charge in [0.05, 0.1) is 11.7 Å². The second kappa shape index (κ2) is 11.0. The minimum Gasteiger partial charge on any atom is -0.479 e. The lowest BCUT2D eigenvalue weighted by molar-refractivity contribution is -0.165. The molecule has 3 aromatic heterocycles. The number of amides is 2. The molecule has 0 aromatic carbocycles. The average Bonchev–Trinajstić information content (AvgIpc) is 3.57. The first-order valence-electron chi connectivity index (χ1n) is 11.0. The van der Waals surface area contributed by atoms with Crippen molar-refractivity contribution in [1.29, 1.82) is 0 Å². The highest BCUT2D eigenvalue weighted by Gasteiger charge is 2.38. The number of hydrogen-bond acceptors (Lipinski definition) is 7. The number of aliphatic hydroxyl groups excluding tert-OH is 2. The summed E-state index contributed by atoms with van der Waals surface area (Å²) in [6, 6.07) is 1.22. The number of carboxylic acids is 2. The van der Waals surface area contributed by atoms with E-state index < -0.39 is 42.9 Å². The average molecular weight is 530 g/mol. The molecule has 4 atom stereocenters. The van der Waals surface area contributed by atoms with E-state index in [0.717, 1.165) is 23.3 Å². The summed E-state index contributed by atoms with van der Waals surface area (Å²) in [6.07, 6.45) is -2.91. The summed E-state index contributed by atoms with van der Waals surface area (Å²) in [6.45, 7) is 1.46. The largest absolute Gasteiger partial charge is 0.479 e. The number of aromatic nitrogens is 4. The maximum Gasteiger partial charge on any atom is 0.405 e. The van der Waals surface area contributed by atoms with E-state index in [1.54, 1.807) is 18.6 Å². The van der Waals surface area contributed by atoms with Crippen LogP contribution in [0, 0.1) is 5.92 Å². The molecule has 4 heterocycles. The number of nitrogens with one attached hydrogen (secondary N) is 2. The van der Waals surface area contributed by atoms with Crippen LogP contribution in [-0.4, -0.2) is 101 Å². The van der Waals surface area contributed by atoms with Crippen molar-refractivity contribution in [3.63, 3.8) is 0 Å². The van der Waals surface area contributed by atoms with Crippen LogP contribution in [0.5, 0.6) is 0 Å². The second-order valence-corrected chi connectivity index (χ2v) is 8.37. The Morgan fingerprint density at radius 1 is 1.14 bits per heavy atom. The van der Waals surface area contributed by atoms with Crippen molar-refractivity contribution in [2.24, 2.45) is 5.92 Å². The van der Waals surface area contributed by atoms with E-state index in [-0.39, 0.29) is 11.8 Å². The normalized spacial score (nSPS) is 19.4. The van der Waals surface area contributed by atoms with E-state index in [4.69, 9.17) is 20.4 Å². The number of halogens is 3. The number of urea groups is 1. The molecule has 6 N–H and O–H groups in total. The lowest BCUT2D eigenvalue weighted by Crippen LogP contribution is -2.42. The van der Waals surface area contributed by atoms with Crippen LogP contribution in [-0.2, 0) is 9.59 Å². The van der Waals surface area contributed by atoms with Gasteiger partial charge in [-0.05, 0) is 12.0 Å². The molecule has 0 spiro atoms. The zero-order valence-corrected chi connectivity index (χ0v) is 19.4. The first-order valence-corrected chi connectivity index (χ1v) is 11.0. The Balaban J connectivity index is 0.000000325. The van der Waals surface area contributed by atoms with Gasteiger partial charge in [0.25, 0.3) is 0 Å².